The molecule has 3 heteroatoms. The Hall–Kier alpha value is -2.03. The first kappa shape index (κ1) is 15.4. The topological polar surface area (TPSA) is 42.2 Å². The van der Waals surface area contributed by atoms with Gasteiger partial charge in [-0.1, -0.05) is 31.2 Å². The van der Waals surface area contributed by atoms with Crippen LogP contribution in [0.5, 0.6) is 0 Å². The Morgan fingerprint density at radius 2 is 1.81 bits per heavy atom. The Morgan fingerprint density at radius 3 is 2.38 bits per heavy atom. The van der Waals surface area contributed by atoms with Crippen LogP contribution in [0.3, 0.4) is 0 Å². The normalized spacial score (nSPS) is 12.1. The first-order valence-electron chi connectivity index (χ1n) is 7.52. The first-order chi connectivity index (χ1) is 10.1. The summed E-state index contributed by atoms with van der Waals surface area (Å²) >= 11 is 0. The lowest BCUT2D eigenvalue weighted by Gasteiger charge is -2.11. The van der Waals surface area contributed by atoms with Crippen LogP contribution in [0.1, 0.15) is 49.0 Å². The molecule has 0 saturated heterocycles. The SMILES string of the molecule is CCc1ccc(CCC(=O)NC(C)c2ccc(C)o2)cc1. The van der Waals surface area contributed by atoms with E-state index < -0.39 is 0 Å². The number of furan rings is 1. The van der Waals surface area contributed by atoms with Crippen LogP contribution in [-0.4, -0.2) is 5.91 Å². The van der Waals surface area contributed by atoms with Crippen molar-refractivity contribution in [2.75, 3.05) is 0 Å². The third-order valence-corrected chi connectivity index (χ3v) is 3.64. The molecule has 2 rings (SSSR count). The summed E-state index contributed by atoms with van der Waals surface area (Å²) in [5.74, 6) is 1.71. The zero-order valence-electron chi connectivity index (χ0n) is 13.0. The van der Waals surface area contributed by atoms with Gasteiger partial charge in [-0.25, -0.2) is 0 Å². The maximum Gasteiger partial charge on any atom is 0.220 e. The number of amides is 1. The summed E-state index contributed by atoms with van der Waals surface area (Å²) in [7, 11) is 0. The molecule has 1 heterocycles. The molecule has 21 heavy (non-hydrogen) atoms. The quantitative estimate of drug-likeness (QED) is 0.873. The van der Waals surface area contributed by atoms with Crippen molar-refractivity contribution in [2.24, 2.45) is 0 Å². The first-order valence-corrected chi connectivity index (χ1v) is 7.52. The molecule has 0 aliphatic rings. The second-order valence-corrected chi connectivity index (χ2v) is 5.41. The number of nitrogens with one attached hydrogen (secondary N) is 1. The van der Waals surface area contributed by atoms with E-state index in [0.717, 1.165) is 24.4 Å². The zero-order chi connectivity index (χ0) is 15.2. The van der Waals surface area contributed by atoms with Crippen LogP contribution in [0.25, 0.3) is 0 Å². The lowest BCUT2D eigenvalue weighted by molar-refractivity contribution is -0.121. The van der Waals surface area contributed by atoms with E-state index in [2.05, 4.69) is 36.5 Å². The highest BCUT2D eigenvalue weighted by molar-refractivity contribution is 5.76. The highest BCUT2D eigenvalue weighted by atomic mass is 16.3. The Kier molecular flexibility index (Phi) is 5.20. The summed E-state index contributed by atoms with van der Waals surface area (Å²) in [5, 5.41) is 2.97. The summed E-state index contributed by atoms with van der Waals surface area (Å²) in [4.78, 5) is 12.0. The summed E-state index contributed by atoms with van der Waals surface area (Å²) in [6, 6.07) is 12.2. The van der Waals surface area contributed by atoms with Gasteiger partial charge in [-0.2, -0.15) is 0 Å². The molecule has 1 amide bonds. The van der Waals surface area contributed by atoms with Crippen LogP contribution in [0, 0.1) is 6.92 Å². The predicted octanol–water partition coefficient (Wildman–Crippen LogP) is 3.96. The van der Waals surface area contributed by atoms with Crippen LogP contribution >= 0.6 is 0 Å². The molecule has 1 N–H and O–H groups in total. The van der Waals surface area contributed by atoms with Crippen molar-refractivity contribution in [1.29, 1.82) is 0 Å². The van der Waals surface area contributed by atoms with Crippen LogP contribution < -0.4 is 5.32 Å². The second-order valence-electron chi connectivity index (χ2n) is 5.41. The largest absolute Gasteiger partial charge is 0.464 e. The third kappa shape index (κ3) is 4.48. The van der Waals surface area contributed by atoms with E-state index in [1.165, 1.54) is 11.1 Å². The van der Waals surface area contributed by atoms with Crippen LogP contribution in [0.15, 0.2) is 40.8 Å². The molecule has 112 valence electrons. The van der Waals surface area contributed by atoms with E-state index >= 15 is 0 Å². The third-order valence-electron chi connectivity index (χ3n) is 3.64. The molecule has 3 nitrogen and oxygen atoms in total. The van der Waals surface area contributed by atoms with E-state index in [4.69, 9.17) is 4.42 Å². The molecule has 0 radical (unpaired) electrons. The Bertz CT molecular complexity index is 584. The summed E-state index contributed by atoms with van der Waals surface area (Å²) < 4.78 is 5.52. The highest BCUT2D eigenvalue weighted by Crippen LogP contribution is 2.16. The lowest BCUT2D eigenvalue weighted by Crippen LogP contribution is -2.26. The maximum atomic E-state index is 12.0. The minimum atomic E-state index is -0.0892. The van der Waals surface area contributed by atoms with Gasteiger partial charge >= 0.3 is 0 Å². The molecule has 0 spiro atoms. The molecule has 1 aromatic carbocycles. The van der Waals surface area contributed by atoms with Gasteiger partial charge in [0.05, 0.1) is 6.04 Å². The van der Waals surface area contributed by atoms with Crippen molar-refractivity contribution >= 4 is 5.91 Å². The van der Waals surface area contributed by atoms with Crippen molar-refractivity contribution in [3.63, 3.8) is 0 Å². The number of carbonyl (C=O) groups is 1. The molecular weight excluding hydrogens is 262 g/mol. The van der Waals surface area contributed by atoms with Crippen LogP contribution in [0.4, 0.5) is 0 Å². The Morgan fingerprint density at radius 1 is 1.14 bits per heavy atom. The van der Waals surface area contributed by atoms with Gasteiger partial charge in [-0.15, -0.1) is 0 Å². The van der Waals surface area contributed by atoms with Gasteiger partial charge in [0.25, 0.3) is 0 Å². The molecule has 0 fully saturated rings. The van der Waals surface area contributed by atoms with Crippen molar-refractivity contribution in [3.05, 3.63) is 59.0 Å². The van der Waals surface area contributed by atoms with E-state index in [9.17, 15) is 4.79 Å². The molecule has 0 aliphatic carbocycles. The number of hydrogen-bond acceptors (Lipinski definition) is 2. The summed E-state index contributed by atoms with van der Waals surface area (Å²) in [5.41, 5.74) is 2.52. The number of carbonyl (C=O) groups excluding carboxylic acids is 1. The fourth-order valence-electron chi connectivity index (χ4n) is 2.27. The van der Waals surface area contributed by atoms with Gasteiger partial charge in [0, 0.05) is 6.42 Å². The maximum absolute atomic E-state index is 12.0. The molecular formula is C18H23NO2. The average Bonchev–Trinajstić information content (AvgIpc) is 2.92. The number of hydrogen-bond donors (Lipinski definition) is 1. The van der Waals surface area contributed by atoms with Crippen LogP contribution in [0.2, 0.25) is 0 Å². The van der Waals surface area contributed by atoms with E-state index in [0.29, 0.717) is 6.42 Å². The van der Waals surface area contributed by atoms with Gasteiger partial charge in [-0.3, -0.25) is 4.79 Å². The minimum Gasteiger partial charge on any atom is -0.464 e. The minimum absolute atomic E-state index is 0.0520. The highest BCUT2D eigenvalue weighted by Gasteiger charge is 2.12. The number of benzene rings is 1. The van der Waals surface area contributed by atoms with Gasteiger partial charge < -0.3 is 9.73 Å². The van der Waals surface area contributed by atoms with E-state index in [1.807, 2.05) is 26.0 Å². The fourth-order valence-corrected chi connectivity index (χ4v) is 2.27. The Labute approximate surface area is 126 Å². The van der Waals surface area contributed by atoms with Crippen molar-refractivity contribution in [1.82, 2.24) is 5.32 Å². The number of rotatable bonds is 6. The molecule has 1 atom stereocenters. The smallest absolute Gasteiger partial charge is 0.220 e. The standard InChI is InChI=1S/C18H23NO2/c1-4-15-6-8-16(9-7-15)10-12-18(20)19-14(3)17-11-5-13(2)21-17/h5-9,11,14H,4,10,12H2,1-3H3,(H,19,20). The van der Waals surface area contributed by atoms with Gasteiger partial charge in [-0.05, 0) is 49.9 Å². The molecule has 0 aliphatic heterocycles. The van der Waals surface area contributed by atoms with Crippen molar-refractivity contribution in [3.8, 4) is 0 Å². The van der Waals surface area contributed by atoms with Crippen molar-refractivity contribution < 1.29 is 9.21 Å². The molecule has 1 aromatic heterocycles. The molecule has 0 bridgehead atoms. The molecule has 1 unspecified atom stereocenters. The van der Waals surface area contributed by atoms with Crippen molar-refractivity contribution in [2.45, 2.75) is 46.1 Å². The van der Waals surface area contributed by atoms with Gasteiger partial charge in [0.2, 0.25) is 5.91 Å². The van der Waals surface area contributed by atoms with Gasteiger partial charge in [0.15, 0.2) is 0 Å². The van der Waals surface area contributed by atoms with Crippen LogP contribution in [-0.2, 0) is 17.6 Å². The molecule has 0 saturated carbocycles. The fraction of sp³-hybridized carbons (Fsp3) is 0.389. The zero-order valence-corrected chi connectivity index (χ0v) is 13.0. The predicted molar refractivity (Wildman–Crippen MR) is 84.1 cm³/mol. The van der Waals surface area contributed by atoms with Gasteiger partial charge in [0.1, 0.15) is 11.5 Å². The monoisotopic (exact) mass is 285 g/mol. The summed E-state index contributed by atoms with van der Waals surface area (Å²) in [6.07, 6.45) is 2.30. The van der Waals surface area contributed by atoms with E-state index in [-0.39, 0.29) is 11.9 Å². The Balaban J connectivity index is 1.81. The lowest BCUT2D eigenvalue weighted by atomic mass is 10.1. The van der Waals surface area contributed by atoms with E-state index in [1.54, 1.807) is 0 Å². The summed E-state index contributed by atoms with van der Waals surface area (Å²) in [6.45, 7) is 5.98. The second kappa shape index (κ2) is 7.11. The molecule has 2 aromatic rings. The number of aryl methyl sites for hydroxylation is 3. The average molecular weight is 285 g/mol.